The molecule has 0 aliphatic heterocycles. The first-order valence-corrected chi connectivity index (χ1v) is 10.9. The van der Waals surface area contributed by atoms with E-state index in [2.05, 4.69) is 10.6 Å². The summed E-state index contributed by atoms with van der Waals surface area (Å²) in [7, 11) is 0. The Kier molecular flexibility index (Phi) is 16.4. The number of rotatable bonds is 17. The van der Waals surface area contributed by atoms with Crippen molar-refractivity contribution in [2.24, 2.45) is 5.73 Å². The van der Waals surface area contributed by atoms with E-state index >= 15 is 0 Å². The molecule has 0 saturated carbocycles. The minimum absolute atomic E-state index is 0.0263. The van der Waals surface area contributed by atoms with Gasteiger partial charge >= 0.3 is 0 Å². The molecule has 0 aromatic carbocycles. The smallest absolute Gasteiger partial charge is 0.230 e. The summed E-state index contributed by atoms with van der Waals surface area (Å²) in [5, 5.41) is 5.38. The zero-order chi connectivity index (χ0) is 19.6. The van der Waals surface area contributed by atoms with Crippen LogP contribution in [0.4, 0.5) is 0 Å². The molecule has 0 radical (unpaired) electrons. The molecule has 0 fully saturated rings. The Hall–Kier alpha value is -1.24. The van der Waals surface area contributed by atoms with Gasteiger partial charge in [0.15, 0.2) is 0 Å². The van der Waals surface area contributed by atoms with Gasteiger partial charge in [-0.1, -0.05) is 51.4 Å². The molecule has 0 saturated heterocycles. The number of nitrogens with two attached hydrogens (primary N) is 1. The van der Waals surface area contributed by atoms with E-state index in [1.165, 1.54) is 56.7 Å². The standard InChI is InChI=1S/C19H37N3O3S/c1-16(19(20)25)26-15-18(24)22-14-12-10-8-6-4-3-5-7-9-11-13-21-17(2)23/h16H,3-15H2,1-2H3,(H2,20,25)(H,21,23)(H,22,24). The average molecular weight is 388 g/mol. The highest BCUT2D eigenvalue weighted by atomic mass is 32.2. The van der Waals surface area contributed by atoms with Crippen LogP contribution in [0.5, 0.6) is 0 Å². The molecular formula is C19H37N3O3S. The van der Waals surface area contributed by atoms with Crippen molar-refractivity contribution in [3.63, 3.8) is 0 Å². The summed E-state index contributed by atoms with van der Waals surface area (Å²) in [6.45, 7) is 4.78. The summed E-state index contributed by atoms with van der Waals surface area (Å²) in [5.74, 6) is -0.0647. The molecule has 1 atom stereocenters. The van der Waals surface area contributed by atoms with E-state index in [1.807, 2.05) is 0 Å². The molecule has 152 valence electrons. The van der Waals surface area contributed by atoms with Crippen molar-refractivity contribution in [2.45, 2.75) is 83.3 Å². The number of hydrogen-bond acceptors (Lipinski definition) is 4. The molecule has 6 nitrogen and oxygen atoms in total. The Morgan fingerprint density at radius 1 is 0.808 bits per heavy atom. The molecule has 0 spiro atoms. The Morgan fingerprint density at radius 3 is 1.65 bits per heavy atom. The number of thioether (sulfide) groups is 1. The second-order valence-corrected chi connectivity index (χ2v) is 8.05. The fourth-order valence-electron chi connectivity index (χ4n) is 2.49. The molecule has 0 rings (SSSR count). The van der Waals surface area contributed by atoms with Gasteiger partial charge in [0.05, 0.1) is 11.0 Å². The molecule has 0 aliphatic rings. The lowest BCUT2D eigenvalue weighted by molar-refractivity contribution is -0.119. The van der Waals surface area contributed by atoms with Crippen molar-refractivity contribution in [3.05, 3.63) is 0 Å². The third kappa shape index (κ3) is 17.6. The number of hydrogen-bond donors (Lipinski definition) is 3. The summed E-state index contributed by atoms with van der Waals surface area (Å²) in [5.41, 5.74) is 5.15. The third-order valence-electron chi connectivity index (χ3n) is 4.16. The van der Waals surface area contributed by atoms with E-state index in [9.17, 15) is 14.4 Å². The first-order valence-electron chi connectivity index (χ1n) is 9.85. The lowest BCUT2D eigenvalue weighted by Gasteiger charge is -2.08. The molecule has 7 heteroatoms. The Morgan fingerprint density at radius 2 is 1.23 bits per heavy atom. The zero-order valence-corrected chi connectivity index (χ0v) is 17.3. The maximum absolute atomic E-state index is 11.6. The van der Waals surface area contributed by atoms with Crippen LogP contribution in [0.2, 0.25) is 0 Å². The predicted octanol–water partition coefficient (Wildman–Crippen LogP) is 2.75. The summed E-state index contributed by atoms with van der Waals surface area (Å²) in [4.78, 5) is 33.2. The molecule has 0 aromatic heterocycles. The average Bonchev–Trinajstić information content (AvgIpc) is 2.59. The van der Waals surface area contributed by atoms with Gasteiger partial charge < -0.3 is 16.4 Å². The Labute approximate surface area is 162 Å². The molecular weight excluding hydrogens is 350 g/mol. The van der Waals surface area contributed by atoms with E-state index < -0.39 is 0 Å². The monoisotopic (exact) mass is 387 g/mol. The molecule has 26 heavy (non-hydrogen) atoms. The van der Waals surface area contributed by atoms with Gasteiger partial charge in [-0.05, 0) is 19.8 Å². The summed E-state index contributed by atoms with van der Waals surface area (Å²) < 4.78 is 0. The van der Waals surface area contributed by atoms with Crippen LogP contribution in [0.25, 0.3) is 0 Å². The fourth-order valence-corrected chi connectivity index (χ4v) is 3.16. The Bertz CT molecular complexity index is 405. The number of carbonyl (C=O) groups excluding carboxylic acids is 3. The molecule has 4 N–H and O–H groups in total. The van der Waals surface area contributed by atoms with Crippen molar-refractivity contribution in [1.29, 1.82) is 0 Å². The van der Waals surface area contributed by atoms with Gasteiger partial charge in [-0.2, -0.15) is 0 Å². The maximum Gasteiger partial charge on any atom is 0.230 e. The van der Waals surface area contributed by atoms with Crippen LogP contribution in [0, 0.1) is 0 Å². The summed E-state index contributed by atoms with van der Waals surface area (Å²) >= 11 is 1.27. The lowest BCUT2D eigenvalue weighted by atomic mass is 10.1. The lowest BCUT2D eigenvalue weighted by Crippen LogP contribution is -2.29. The highest BCUT2D eigenvalue weighted by Gasteiger charge is 2.11. The molecule has 0 bridgehead atoms. The van der Waals surface area contributed by atoms with Crippen LogP contribution in [0.15, 0.2) is 0 Å². The first-order chi connectivity index (χ1) is 12.4. The number of primary amides is 1. The minimum atomic E-state index is -0.382. The van der Waals surface area contributed by atoms with Gasteiger partial charge in [0, 0.05) is 20.0 Å². The Balaban J connectivity index is 3.23. The van der Waals surface area contributed by atoms with Crippen LogP contribution >= 0.6 is 11.8 Å². The quantitative estimate of drug-likeness (QED) is 0.334. The second-order valence-electron chi connectivity index (χ2n) is 6.72. The number of unbranched alkanes of at least 4 members (excludes halogenated alkanes) is 9. The number of nitrogens with one attached hydrogen (secondary N) is 2. The second kappa shape index (κ2) is 17.2. The van der Waals surface area contributed by atoms with E-state index in [4.69, 9.17) is 5.73 Å². The SMILES string of the molecule is CC(=O)NCCCCCCCCCCCCNC(=O)CSC(C)C(N)=O. The van der Waals surface area contributed by atoms with Gasteiger partial charge in [-0.25, -0.2) is 0 Å². The van der Waals surface area contributed by atoms with Crippen molar-refractivity contribution in [3.8, 4) is 0 Å². The van der Waals surface area contributed by atoms with Gasteiger partial charge in [-0.3, -0.25) is 14.4 Å². The molecule has 0 heterocycles. The van der Waals surface area contributed by atoms with Crippen molar-refractivity contribution >= 4 is 29.5 Å². The maximum atomic E-state index is 11.6. The predicted molar refractivity (Wildman–Crippen MR) is 109 cm³/mol. The van der Waals surface area contributed by atoms with Crippen molar-refractivity contribution in [2.75, 3.05) is 18.8 Å². The molecule has 0 aromatic rings. The van der Waals surface area contributed by atoms with Crippen molar-refractivity contribution < 1.29 is 14.4 Å². The van der Waals surface area contributed by atoms with Crippen LogP contribution in [-0.2, 0) is 14.4 Å². The number of amides is 3. The third-order valence-corrected chi connectivity index (χ3v) is 5.33. The normalized spacial score (nSPS) is 11.8. The van der Waals surface area contributed by atoms with E-state index in [0.29, 0.717) is 6.54 Å². The minimum Gasteiger partial charge on any atom is -0.369 e. The molecule has 1 unspecified atom stereocenters. The molecule has 3 amide bonds. The highest BCUT2D eigenvalue weighted by molar-refractivity contribution is 8.01. The van der Waals surface area contributed by atoms with Gasteiger partial charge in [0.1, 0.15) is 0 Å². The van der Waals surface area contributed by atoms with E-state index in [-0.39, 0.29) is 28.7 Å². The van der Waals surface area contributed by atoms with Gasteiger partial charge in [-0.15, -0.1) is 11.8 Å². The van der Waals surface area contributed by atoms with Crippen LogP contribution in [0.3, 0.4) is 0 Å². The topological polar surface area (TPSA) is 101 Å². The summed E-state index contributed by atoms with van der Waals surface area (Å²) in [6.07, 6.45) is 12.0. The van der Waals surface area contributed by atoms with Crippen LogP contribution in [0.1, 0.15) is 78.1 Å². The van der Waals surface area contributed by atoms with Gasteiger partial charge in [0.25, 0.3) is 0 Å². The largest absolute Gasteiger partial charge is 0.369 e. The fraction of sp³-hybridized carbons (Fsp3) is 0.842. The van der Waals surface area contributed by atoms with Crippen LogP contribution in [-0.4, -0.2) is 41.8 Å². The number of carbonyl (C=O) groups is 3. The van der Waals surface area contributed by atoms with Crippen molar-refractivity contribution in [1.82, 2.24) is 10.6 Å². The highest BCUT2D eigenvalue weighted by Crippen LogP contribution is 2.11. The zero-order valence-electron chi connectivity index (χ0n) is 16.5. The molecule has 0 aliphatic carbocycles. The van der Waals surface area contributed by atoms with Gasteiger partial charge in [0.2, 0.25) is 17.7 Å². The van der Waals surface area contributed by atoms with E-state index in [1.54, 1.807) is 13.8 Å². The summed E-state index contributed by atoms with van der Waals surface area (Å²) in [6, 6.07) is 0. The van der Waals surface area contributed by atoms with Crippen LogP contribution < -0.4 is 16.4 Å². The first kappa shape index (κ1) is 24.8. The van der Waals surface area contributed by atoms with E-state index in [0.717, 1.165) is 25.8 Å².